The number of nitrogens with zero attached hydrogens (tertiary/aromatic N) is 3. The fraction of sp³-hybridized carbons (Fsp3) is 0.148. The average Bonchev–Trinajstić information content (AvgIpc) is 3.47. The molecule has 5 aromatic rings. The van der Waals surface area contributed by atoms with Crippen molar-refractivity contribution in [2.45, 2.75) is 25.0 Å². The lowest BCUT2D eigenvalue weighted by molar-refractivity contribution is -0.119. The first-order valence-corrected chi connectivity index (χ1v) is 12.1. The molecule has 0 saturated heterocycles. The number of nitrogens with one attached hydrogen (secondary N) is 2. The molecule has 0 aliphatic rings. The van der Waals surface area contributed by atoms with Gasteiger partial charge in [0.25, 0.3) is 0 Å². The second-order valence-corrected chi connectivity index (χ2v) is 9.16. The number of carbonyl (C=O) groups excluding carboxylic acids is 1. The first-order chi connectivity index (χ1) is 16.6. The summed E-state index contributed by atoms with van der Waals surface area (Å²) >= 11 is 1.38. The number of aromatic nitrogens is 4. The second-order valence-electron chi connectivity index (χ2n) is 8.22. The highest BCUT2D eigenvalue weighted by Gasteiger charge is 2.20. The molecule has 170 valence electrons. The third-order valence-electron chi connectivity index (χ3n) is 5.73. The molecule has 2 N–H and O–H groups in total. The van der Waals surface area contributed by atoms with Crippen molar-refractivity contribution in [1.29, 1.82) is 0 Å². The highest BCUT2D eigenvalue weighted by atomic mass is 32.2. The molecule has 0 saturated carbocycles. The van der Waals surface area contributed by atoms with Gasteiger partial charge in [-0.1, -0.05) is 72.4 Å². The minimum absolute atomic E-state index is 0.0474. The Morgan fingerprint density at radius 3 is 2.65 bits per heavy atom. The van der Waals surface area contributed by atoms with Crippen LogP contribution in [0.2, 0.25) is 0 Å². The summed E-state index contributed by atoms with van der Waals surface area (Å²) in [6.45, 7) is 4.05. The van der Waals surface area contributed by atoms with Crippen LogP contribution in [0.5, 0.6) is 0 Å². The Balaban J connectivity index is 1.44. The lowest BCUT2D eigenvalue weighted by atomic mass is 10.1. The zero-order valence-corrected chi connectivity index (χ0v) is 19.8. The van der Waals surface area contributed by atoms with Crippen LogP contribution in [0, 0.1) is 6.92 Å². The third kappa shape index (κ3) is 4.47. The van der Waals surface area contributed by atoms with Gasteiger partial charge in [0.1, 0.15) is 0 Å². The van der Waals surface area contributed by atoms with E-state index in [4.69, 9.17) is 0 Å². The van der Waals surface area contributed by atoms with Gasteiger partial charge in [0, 0.05) is 28.4 Å². The SMILES string of the molecule is Cc1cccc(-n2c(SCC(=O)N[C@H](C)c3ccccc3)nnc2-c2c[nH]c3ccccc23)c1. The summed E-state index contributed by atoms with van der Waals surface area (Å²) < 4.78 is 2.03. The Bertz CT molecular complexity index is 1440. The van der Waals surface area contributed by atoms with Crippen LogP contribution in [-0.2, 0) is 4.79 Å². The maximum Gasteiger partial charge on any atom is 0.230 e. The molecule has 0 radical (unpaired) electrons. The monoisotopic (exact) mass is 467 g/mol. The first kappa shape index (κ1) is 22.0. The number of thioether (sulfide) groups is 1. The molecule has 7 heteroatoms. The highest BCUT2D eigenvalue weighted by Crippen LogP contribution is 2.32. The zero-order valence-electron chi connectivity index (χ0n) is 19.0. The second kappa shape index (κ2) is 9.57. The van der Waals surface area contributed by atoms with Crippen LogP contribution in [0.15, 0.2) is 90.2 Å². The minimum atomic E-state index is -0.0641. The number of hydrogen-bond donors (Lipinski definition) is 2. The number of carbonyl (C=O) groups is 1. The topological polar surface area (TPSA) is 75.6 Å². The fourth-order valence-corrected chi connectivity index (χ4v) is 4.80. The van der Waals surface area contributed by atoms with Crippen molar-refractivity contribution in [2.24, 2.45) is 0 Å². The number of para-hydroxylation sites is 1. The van der Waals surface area contributed by atoms with Gasteiger partial charge in [0.05, 0.1) is 11.8 Å². The van der Waals surface area contributed by atoms with Crippen LogP contribution >= 0.6 is 11.8 Å². The number of benzene rings is 3. The van der Waals surface area contributed by atoms with E-state index in [1.807, 2.05) is 78.4 Å². The first-order valence-electron chi connectivity index (χ1n) is 11.2. The molecule has 3 aromatic carbocycles. The Kier molecular flexibility index (Phi) is 6.18. The molecule has 0 bridgehead atoms. The van der Waals surface area contributed by atoms with E-state index in [-0.39, 0.29) is 17.7 Å². The summed E-state index contributed by atoms with van der Waals surface area (Å²) in [4.78, 5) is 16.0. The van der Waals surface area contributed by atoms with Crippen molar-refractivity contribution in [3.63, 3.8) is 0 Å². The highest BCUT2D eigenvalue weighted by molar-refractivity contribution is 7.99. The number of amides is 1. The van der Waals surface area contributed by atoms with Crippen molar-refractivity contribution in [3.8, 4) is 17.1 Å². The van der Waals surface area contributed by atoms with E-state index in [2.05, 4.69) is 45.6 Å². The smallest absolute Gasteiger partial charge is 0.230 e. The van der Waals surface area contributed by atoms with E-state index in [1.54, 1.807) is 0 Å². The molecule has 0 unspecified atom stereocenters. The number of aromatic amines is 1. The van der Waals surface area contributed by atoms with Crippen LogP contribution in [0.3, 0.4) is 0 Å². The molecular formula is C27H25N5OS. The number of fused-ring (bicyclic) bond motifs is 1. The van der Waals surface area contributed by atoms with Crippen LogP contribution < -0.4 is 5.32 Å². The number of aryl methyl sites for hydroxylation is 1. The van der Waals surface area contributed by atoms with E-state index in [1.165, 1.54) is 11.8 Å². The minimum Gasteiger partial charge on any atom is -0.360 e. The Hall–Kier alpha value is -3.84. The van der Waals surface area contributed by atoms with Crippen molar-refractivity contribution < 1.29 is 4.79 Å². The van der Waals surface area contributed by atoms with E-state index in [0.29, 0.717) is 5.16 Å². The Labute approximate surface area is 202 Å². The van der Waals surface area contributed by atoms with E-state index < -0.39 is 0 Å². The van der Waals surface area contributed by atoms with Crippen LogP contribution in [-0.4, -0.2) is 31.4 Å². The van der Waals surface area contributed by atoms with Gasteiger partial charge in [-0.15, -0.1) is 10.2 Å². The number of hydrogen-bond acceptors (Lipinski definition) is 4. The predicted molar refractivity (Wildman–Crippen MR) is 137 cm³/mol. The standard InChI is InChI=1S/C27H25N5OS/c1-18-9-8-12-21(15-18)32-26(23-16-28-24-14-7-6-13-22(23)24)30-31-27(32)34-17-25(33)29-19(2)20-10-4-3-5-11-20/h3-16,19,28H,17H2,1-2H3,(H,29,33)/t19-/m1/s1. The molecule has 5 rings (SSSR count). The van der Waals surface area contributed by atoms with Gasteiger partial charge in [-0.3, -0.25) is 9.36 Å². The van der Waals surface area contributed by atoms with Crippen molar-refractivity contribution in [1.82, 2.24) is 25.1 Å². The van der Waals surface area contributed by atoms with Gasteiger partial charge in [-0.25, -0.2) is 0 Å². The summed E-state index contributed by atoms with van der Waals surface area (Å²) in [6, 6.07) is 26.2. The van der Waals surface area contributed by atoms with E-state index in [9.17, 15) is 4.79 Å². The quantitative estimate of drug-likeness (QED) is 0.301. The summed E-state index contributed by atoms with van der Waals surface area (Å²) in [6.07, 6.45) is 1.96. The maximum absolute atomic E-state index is 12.7. The Morgan fingerprint density at radius 2 is 1.82 bits per heavy atom. The van der Waals surface area contributed by atoms with Crippen molar-refractivity contribution in [2.75, 3.05) is 5.75 Å². The Morgan fingerprint density at radius 1 is 1.03 bits per heavy atom. The number of H-pyrrole nitrogens is 1. The lowest BCUT2D eigenvalue weighted by Crippen LogP contribution is -2.28. The summed E-state index contributed by atoms with van der Waals surface area (Å²) in [5.74, 6) is 0.937. The largest absolute Gasteiger partial charge is 0.360 e. The third-order valence-corrected chi connectivity index (χ3v) is 6.66. The molecule has 0 aliphatic heterocycles. The van der Waals surface area contributed by atoms with Gasteiger partial charge >= 0.3 is 0 Å². The zero-order chi connectivity index (χ0) is 23.5. The summed E-state index contributed by atoms with van der Waals surface area (Å²) in [5.41, 5.74) is 5.19. The predicted octanol–water partition coefficient (Wildman–Crippen LogP) is 5.69. The van der Waals surface area contributed by atoms with Gasteiger partial charge < -0.3 is 10.3 Å². The van der Waals surface area contributed by atoms with Crippen molar-refractivity contribution >= 4 is 28.6 Å². The molecule has 1 amide bonds. The molecule has 2 aromatic heterocycles. The summed E-state index contributed by atoms with van der Waals surface area (Å²) in [5, 5.41) is 13.8. The summed E-state index contributed by atoms with van der Waals surface area (Å²) in [7, 11) is 0. The number of rotatable bonds is 7. The maximum atomic E-state index is 12.7. The van der Waals surface area contributed by atoms with E-state index in [0.717, 1.165) is 39.1 Å². The molecular weight excluding hydrogens is 442 g/mol. The van der Waals surface area contributed by atoms with Gasteiger partial charge in [0.2, 0.25) is 5.91 Å². The van der Waals surface area contributed by atoms with Crippen LogP contribution in [0.25, 0.3) is 28.0 Å². The normalized spacial score (nSPS) is 12.1. The molecule has 0 fully saturated rings. The van der Waals surface area contributed by atoms with Crippen LogP contribution in [0.4, 0.5) is 0 Å². The van der Waals surface area contributed by atoms with Gasteiger partial charge in [-0.2, -0.15) is 0 Å². The average molecular weight is 468 g/mol. The van der Waals surface area contributed by atoms with E-state index >= 15 is 0 Å². The lowest BCUT2D eigenvalue weighted by Gasteiger charge is -2.14. The molecule has 0 spiro atoms. The van der Waals surface area contributed by atoms with Gasteiger partial charge in [-0.05, 0) is 43.2 Å². The fourth-order valence-electron chi connectivity index (χ4n) is 4.03. The molecule has 6 nitrogen and oxygen atoms in total. The molecule has 34 heavy (non-hydrogen) atoms. The molecule has 1 atom stereocenters. The van der Waals surface area contributed by atoms with Gasteiger partial charge in [0.15, 0.2) is 11.0 Å². The van der Waals surface area contributed by atoms with Crippen LogP contribution in [0.1, 0.15) is 24.1 Å². The van der Waals surface area contributed by atoms with Crippen molar-refractivity contribution in [3.05, 3.63) is 96.2 Å². The molecule has 2 heterocycles. The molecule has 0 aliphatic carbocycles.